The number of rotatable bonds is 2. The first-order valence-corrected chi connectivity index (χ1v) is 5.79. The smallest absolute Gasteiger partial charge is 0.417 e. The molecule has 2 nitrogen and oxygen atoms in total. The lowest BCUT2D eigenvalue weighted by atomic mass is 10.0. The van der Waals surface area contributed by atoms with Gasteiger partial charge < -0.3 is 4.74 Å². The van der Waals surface area contributed by atoms with Gasteiger partial charge in [-0.1, -0.05) is 0 Å². The van der Waals surface area contributed by atoms with Crippen molar-refractivity contribution in [3.8, 4) is 0 Å². The fourth-order valence-corrected chi connectivity index (χ4v) is 2.00. The molecule has 0 amide bonds. The van der Waals surface area contributed by atoms with Crippen LogP contribution in [-0.4, -0.2) is 13.1 Å². The molecule has 0 unspecified atom stereocenters. The van der Waals surface area contributed by atoms with E-state index in [1.807, 2.05) is 0 Å². The summed E-state index contributed by atoms with van der Waals surface area (Å²) in [5.74, 6) is -0.946. The molecule has 112 valence electrons. The van der Waals surface area contributed by atoms with Crippen LogP contribution in [0, 0.1) is 0 Å². The topological polar surface area (TPSA) is 26.3 Å². The lowest BCUT2D eigenvalue weighted by molar-refractivity contribution is -0.144. The van der Waals surface area contributed by atoms with Crippen molar-refractivity contribution >= 4 is 21.9 Å². The molecule has 9 heteroatoms. The summed E-state index contributed by atoms with van der Waals surface area (Å²) in [6, 6.07) is 0.473. The molecule has 0 heterocycles. The van der Waals surface area contributed by atoms with E-state index in [-0.39, 0.29) is 6.07 Å². The first-order chi connectivity index (χ1) is 8.96. The highest BCUT2D eigenvalue weighted by molar-refractivity contribution is 9.10. The summed E-state index contributed by atoms with van der Waals surface area (Å²) in [7, 11) is 0.981. The Balaban J connectivity index is 3.47. The van der Waals surface area contributed by atoms with Crippen LogP contribution >= 0.6 is 15.9 Å². The van der Waals surface area contributed by atoms with E-state index in [1.54, 1.807) is 0 Å². The van der Waals surface area contributed by atoms with Gasteiger partial charge in [0.15, 0.2) is 0 Å². The number of halogens is 7. The zero-order valence-electron chi connectivity index (χ0n) is 9.82. The third kappa shape index (κ3) is 3.87. The highest BCUT2D eigenvalue weighted by Gasteiger charge is 2.39. The summed E-state index contributed by atoms with van der Waals surface area (Å²) in [6.07, 6.45) is -10.6. The number of benzene rings is 1. The van der Waals surface area contributed by atoms with Crippen LogP contribution in [0.5, 0.6) is 0 Å². The summed E-state index contributed by atoms with van der Waals surface area (Å²) in [4.78, 5) is 11.0. The van der Waals surface area contributed by atoms with Crippen LogP contribution in [0.25, 0.3) is 0 Å². The maximum absolute atomic E-state index is 12.7. The Morgan fingerprint density at radius 2 is 1.70 bits per heavy atom. The Morgan fingerprint density at radius 1 is 1.15 bits per heavy atom. The molecule has 0 aliphatic carbocycles. The Bertz CT molecular complexity index is 521. The van der Waals surface area contributed by atoms with Gasteiger partial charge >= 0.3 is 18.3 Å². The van der Waals surface area contributed by atoms with E-state index < -0.39 is 45.9 Å². The minimum Gasteiger partial charge on any atom is -0.469 e. The van der Waals surface area contributed by atoms with Crippen molar-refractivity contribution in [1.82, 2.24) is 0 Å². The normalized spacial score (nSPS) is 12.4. The molecule has 0 saturated heterocycles. The average Bonchev–Trinajstić information content (AvgIpc) is 2.28. The monoisotopic (exact) mass is 364 g/mol. The minimum absolute atomic E-state index is 0.00907. The maximum Gasteiger partial charge on any atom is 0.417 e. The number of carbonyl (C=O) groups excluding carboxylic acids is 1. The van der Waals surface area contributed by atoms with Crippen molar-refractivity contribution in [2.24, 2.45) is 0 Å². The van der Waals surface area contributed by atoms with Crippen LogP contribution in [0.2, 0.25) is 0 Å². The molecule has 0 fully saturated rings. The van der Waals surface area contributed by atoms with Gasteiger partial charge in [0.05, 0.1) is 24.7 Å². The fraction of sp³-hybridized carbons (Fsp3) is 0.364. The van der Waals surface area contributed by atoms with Crippen molar-refractivity contribution in [3.05, 3.63) is 33.3 Å². The van der Waals surface area contributed by atoms with Crippen LogP contribution < -0.4 is 0 Å². The van der Waals surface area contributed by atoms with Gasteiger partial charge in [-0.05, 0) is 33.6 Å². The van der Waals surface area contributed by atoms with Gasteiger partial charge in [0, 0.05) is 4.47 Å². The first-order valence-electron chi connectivity index (χ1n) is 5.00. The number of methoxy groups -OCH3 is 1. The standard InChI is InChI=1S/C11H7BrF6O2/c1-20-8(19)3-5-2-6(10(13,14)15)4-7(9(5)12)11(16,17)18/h2,4H,3H2,1H3. The Labute approximate surface area is 117 Å². The molecule has 0 aromatic heterocycles. The molecule has 0 spiro atoms. The fourth-order valence-electron chi connectivity index (χ4n) is 1.41. The summed E-state index contributed by atoms with van der Waals surface area (Å²) >= 11 is 2.58. The SMILES string of the molecule is COC(=O)Cc1cc(C(F)(F)F)cc(C(F)(F)F)c1Br. The molecule has 0 aliphatic rings. The molecule has 0 N–H and O–H groups in total. The molecule has 1 aromatic carbocycles. The highest BCUT2D eigenvalue weighted by Crippen LogP contribution is 2.41. The molecular formula is C11H7BrF6O2. The van der Waals surface area contributed by atoms with E-state index in [0.717, 1.165) is 7.11 Å². The second-order valence-electron chi connectivity index (χ2n) is 3.75. The predicted molar refractivity (Wildman–Crippen MR) is 59.9 cm³/mol. The molecule has 0 saturated carbocycles. The summed E-state index contributed by atoms with van der Waals surface area (Å²) in [5.41, 5.74) is -3.42. The van der Waals surface area contributed by atoms with Crippen LogP contribution in [0.15, 0.2) is 16.6 Å². The highest BCUT2D eigenvalue weighted by atomic mass is 79.9. The first kappa shape index (κ1) is 16.8. The number of hydrogen-bond acceptors (Lipinski definition) is 2. The molecule has 0 radical (unpaired) electrons. The second kappa shape index (κ2) is 5.63. The van der Waals surface area contributed by atoms with Crippen molar-refractivity contribution in [3.63, 3.8) is 0 Å². The van der Waals surface area contributed by atoms with Gasteiger partial charge in [-0.25, -0.2) is 0 Å². The summed E-state index contributed by atoms with van der Waals surface area (Å²) < 4.78 is 79.5. The molecule has 0 aliphatic heterocycles. The van der Waals surface area contributed by atoms with E-state index in [1.165, 1.54) is 0 Å². The summed E-state index contributed by atoms with van der Waals surface area (Å²) in [5, 5.41) is 0. The summed E-state index contributed by atoms with van der Waals surface area (Å²) in [6.45, 7) is 0. The van der Waals surface area contributed by atoms with Crippen molar-refractivity contribution < 1.29 is 35.9 Å². The predicted octanol–water partition coefficient (Wildman–Crippen LogP) is 4.20. The number of ether oxygens (including phenoxy) is 1. The number of alkyl halides is 6. The van der Waals surface area contributed by atoms with Gasteiger partial charge in [-0.3, -0.25) is 4.79 Å². The third-order valence-corrected chi connectivity index (χ3v) is 3.28. The van der Waals surface area contributed by atoms with Crippen molar-refractivity contribution in [1.29, 1.82) is 0 Å². The molecule has 20 heavy (non-hydrogen) atoms. The third-order valence-electron chi connectivity index (χ3n) is 2.34. The Morgan fingerprint density at radius 3 is 2.10 bits per heavy atom. The number of hydrogen-bond donors (Lipinski definition) is 0. The van der Waals surface area contributed by atoms with Crippen molar-refractivity contribution in [2.75, 3.05) is 7.11 Å². The second-order valence-corrected chi connectivity index (χ2v) is 4.54. The number of carbonyl (C=O) groups is 1. The zero-order chi connectivity index (χ0) is 15.7. The molecule has 1 aromatic rings. The van der Waals surface area contributed by atoms with Crippen LogP contribution in [0.3, 0.4) is 0 Å². The van der Waals surface area contributed by atoms with Gasteiger partial charge in [0.25, 0.3) is 0 Å². The van der Waals surface area contributed by atoms with Crippen LogP contribution in [0.1, 0.15) is 16.7 Å². The van der Waals surface area contributed by atoms with E-state index >= 15 is 0 Å². The van der Waals surface area contributed by atoms with Gasteiger partial charge in [-0.15, -0.1) is 0 Å². The quantitative estimate of drug-likeness (QED) is 0.580. The molecule has 0 bridgehead atoms. The van der Waals surface area contributed by atoms with E-state index in [9.17, 15) is 31.1 Å². The van der Waals surface area contributed by atoms with Crippen LogP contribution in [-0.2, 0) is 28.3 Å². The van der Waals surface area contributed by atoms with E-state index in [4.69, 9.17) is 0 Å². The Hall–Kier alpha value is -1.25. The minimum atomic E-state index is -4.98. The lowest BCUT2D eigenvalue weighted by Gasteiger charge is -2.16. The van der Waals surface area contributed by atoms with Gasteiger partial charge in [0.1, 0.15) is 0 Å². The molecule has 0 atom stereocenters. The van der Waals surface area contributed by atoms with E-state index in [0.29, 0.717) is 6.07 Å². The largest absolute Gasteiger partial charge is 0.469 e. The zero-order valence-corrected chi connectivity index (χ0v) is 11.4. The maximum atomic E-state index is 12.7. The number of esters is 1. The molecule has 1 rings (SSSR count). The van der Waals surface area contributed by atoms with Gasteiger partial charge in [0.2, 0.25) is 0 Å². The Kier molecular flexibility index (Phi) is 4.73. The van der Waals surface area contributed by atoms with Crippen LogP contribution in [0.4, 0.5) is 26.3 Å². The van der Waals surface area contributed by atoms with Gasteiger partial charge in [-0.2, -0.15) is 26.3 Å². The molecular weight excluding hydrogens is 358 g/mol. The van der Waals surface area contributed by atoms with Crippen molar-refractivity contribution in [2.45, 2.75) is 18.8 Å². The van der Waals surface area contributed by atoms with E-state index in [2.05, 4.69) is 20.7 Å². The average molecular weight is 365 g/mol. The lowest BCUT2D eigenvalue weighted by Crippen LogP contribution is -2.15.